The molecule has 18 heavy (non-hydrogen) atoms. The molecule has 0 aromatic rings. The molecule has 1 atom stereocenters. The largest absolute Gasteiger partial charge is 0.395 e. The minimum absolute atomic E-state index is 0.0755. The molecule has 1 aliphatic heterocycles. The van der Waals surface area contributed by atoms with Gasteiger partial charge >= 0.3 is 0 Å². The number of nitrogens with zero attached hydrogens (tertiary/aromatic N) is 1. The van der Waals surface area contributed by atoms with E-state index in [-0.39, 0.29) is 24.9 Å². The second-order valence-corrected chi connectivity index (χ2v) is 6.92. The number of nitrogens with one attached hydrogen (secondary N) is 1. The number of aliphatic hydroxyl groups is 1. The highest BCUT2D eigenvalue weighted by molar-refractivity contribution is 7.89. The van der Waals surface area contributed by atoms with E-state index in [2.05, 4.69) is 5.32 Å². The van der Waals surface area contributed by atoms with Crippen LogP contribution in [0.1, 0.15) is 39.0 Å². The fraction of sp³-hybridized carbons (Fsp3) is 1.00. The average molecular weight is 278 g/mol. The minimum Gasteiger partial charge on any atom is -0.395 e. The molecule has 1 unspecified atom stereocenters. The molecule has 1 saturated heterocycles. The first kappa shape index (κ1) is 15.9. The van der Waals surface area contributed by atoms with Crippen LogP contribution in [0.15, 0.2) is 0 Å². The van der Waals surface area contributed by atoms with Crippen LogP contribution in [-0.2, 0) is 10.0 Å². The van der Waals surface area contributed by atoms with E-state index >= 15 is 0 Å². The van der Waals surface area contributed by atoms with Gasteiger partial charge in [0.25, 0.3) is 0 Å². The fourth-order valence-electron chi connectivity index (χ4n) is 2.26. The fourth-order valence-corrected chi connectivity index (χ4v) is 4.03. The first-order chi connectivity index (χ1) is 8.60. The number of rotatable bonds is 8. The van der Waals surface area contributed by atoms with Crippen LogP contribution in [0.3, 0.4) is 0 Å². The molecular formula is C12H26N2O3S. The van der Waals surface area contributed by atoms with Gasteiger partial charge in [-0.1, -0.05) is 19.8 Å². The Morgan fingerprint density at radius 2 is 2.11 bits per heavy atom. The molecule has 1 heterocycles. The topological polar surface area (TPSA) is 69.6 Å². The molecule has 0 amide bonds. The third-order valence-corrected chi connectivity index (χ3v) is 5.30. The SMILES string of the molecule is CCCCN(CCO)S(=O)(=O)CC1CCCCN1. The van der Waals surface area contributed by atoms with Crippen LogP contribution in [0, 0.1) is 0 Å². The summed E-state index contributed by atoms with van der Waals surface area (Å²) in [5.74, 6) is 0.163. The van der Waals surface area contributed by atoms with Crippen LogP contribution in [-0.4, -0.2) is 55.9 Å². The summed E-state index contributed by atoms with van der Waals surface area (Å²) in [6.45, 7) is 3.57. The average Bonchev–Trinajstić information content (AvgIpc) is 2.35. The van der Waals surface area contributed by atoms with Crippen LogP contribution < -0.4 is 5.32 Å². The first-order valence-corrected chi connectivity index (χ1v) is 8.53. The molecule has 0 radical (unpaired) electrons. The van der Waals surface area contributed by atoms with E-state index in [0.717, 1.165) is 38.6 Å². The van der Waals surface area contributed by atoms with E-state index in [1.165, 1.54) is 4.31 Å². The zero-order chi connectivity index (χ0) is 13.4. The molecule has 5 nitrogen and oxygen atoms in total. The number of piperidine rings is 1. The lowest BCUT2D eigenvalue weighted by Crippen LogP contribution is -2.45. The lowest BCUT2D eigenvalue weighted by molar-refractivity contribution is 0.251. The van der Waals surface area contributed by atoms with Gasteiger partial charge in [0.15, 0.2) is 0 Å². The number of sulfonamides is 1. The Morgan fingerprint density at radius 3 is 2.67 bits per heavy atom. The third-order valence-electron chi connectivity index (χ3n) is 3.33. The molecule has 0 spiro atoms. The Hall–Kier alpha value is -0.170. The number of unbranched alkanes of at least 4 members (excludes halogenated alkanes) is 1. The Bertz CT molecular complexity index is 313. The van der Waals surface area contributed by atoms with Crippen LogP contribution in [0.2, 0.25) is 0 Å². The summed E-state index contributed by atoms with van der Waals surface area (Å²) in [5, 5.41) is 12.2. The monoisotopic (exact) mass is 278 g/mol. The summed E-state index contributed by atoms with van der Waals surface area (Å²) in [5.41, 5.74) is 0. The molecule has 1 fully saturated rings. The maximum Gasteiger partial charge on any atom is 0.215 e. The van der Waals surface area contributed by atoms with Crippen molar-refractivity contribution in [3.05, 3.63) is 0 Å². The zero-order valence-corrected chi connectivity index (χ0v) is 12.1. The van der Waals surface area contributed by atoms with Crippen molar-refractivity contribution in [2.75, 3.05) is 32.0 Å². The highest BCUT2D eigenvalue weighted by Crippen LogP contribution is 2.12. The van der Waals surface area contributed by atoms with Crippen molar-refractivity contribution in [1.82, 2.24) is 9.62 Å². The van der Waals surface area contributed by atoms with E-state index in [1.807, 2.05) is 6.92 Å². The summed E-state index contributed by atoms with van der Waals surface area (Å²) in [6.07, 6.45) is 4.96. The maximum atomic E-state index is 12.3. The van der Waals surface area contributed by atoms with Gasteiger partial charge in [0.05, 0.1) is 12.4 Å². The van der Waals surface area contributed by atoms with E-state index in [1.54, 1.807) is 0 Å². The van der Waals surface area contributed by atoms with Crippen molar-refractivity contribution in [2.45, 2.75) is 45.1 Å². The van der Waals surface area contributed by atoms with Gasteiger partial charge in [-0.3, -0.25) is 0 Å². The van der Waals surface area contributed by atoms with E-state index in [0.29, 0.717) is 6.54 Å². The van der Waals surface area contributed by atoms with Gasteiger partial charge in [-0.2, -0.15) is 4.31 Å². The Kier molecular flexibility index (Phi) is 7.14. The van der Waals surface area contributed by atoms with Crippen molar-refractivity contribution in [2.24, 2.45) is 0 Å². The molecular weight excluding hydrogens is 252 g/mol. The maximum absolute atomic E-state index is 12.3. The molecule has 0 aromatic carbocycles. The Morgan fingerprint density at radius 1 is 1.33 bits per heavy atom. The van der Waals surface area contributed by atoms with Crippen molar-refractivity contribution in [1.29, 1.82) is 0 Å². The summed E-state index contributed by atoms with van der Waals surface area (Å²) >= 11 is 0. The second kappa shape index (κ2) is 8.09. The van der Waals surface area contributed by atoms with Crippen molar-refractivity contribution < 1.29 is 13.5 Å². The van der Waals surface area contributed by atoms with E-state index in [4.69, 9.17) is 5.11 Å². The summed E-state index contributed by atoms with van der Waals surface area (Å²) in [6, 6.07) is 0.0755. The molecule has 0 bridgehead atoms. The molecule has 1 rings (SSSR count). The molecule has 6 heteroatoms. The minimum atomic E-state index is -3.25. The van der Waals surface area contributed by atoms with Gasteiger partial charge in [0, 0.05) is 19.1 Å². The normalized spacial score (nSPS) is 21.4. The van der Waals surface area contributed by atoms with Gasteiger partial charge in [0.2, 0.25) is 10.0 Å². The van der Waals surface area contributed by atoms with Gasteiger partial charge in [-0.25, -0.2) is 8.42 Å². The van der Waals surface area contributed by atoms with Crippen LogP contribution in [0.5, 0.6) is 0 Å². The van der Waals surface area contributed by atoms with Crippen molar-refractivity contribution >= 4 is 10.0 Å². The molecule has 0 aromatic heterocycles. The lowest BCUT2D eigenvalue weighted by atomic mass is 10.1. The smallest absolute Gasteiger partial charge is 0.215 e. The Balaban J connectivity index is 2.55. The van der Waals surface area contributed by atoms with Gasteiger partial charge in [0.1, 0.15) is 0 Å². The molecule has 0 saturated carbocycles. The summed E-state index contributed by atoms with van der Waals surface area (Å²) in [4.78, 5) is 0. The van der Waals surface area contributed by atoms with Gasteiger partial charge < -0.3 is 10.4 Å². The molecule has 108 valence electrons. The van der Waals surface area contributed by atoms with Crippen LogP contribution >= 0.6 is 0 Å². The number of hydrogen-bond acceptors (Lipinski definition) is 4. The predicted octanol–water partition coefficient (Wildman–Crippen LogP) is 0.553. The van der Waals surface area contributed by atoms with E-state index < -0.39 is 10.0 Å². The standard InChI is InChI=1S/C12H26N2O3S/c1-2-3-8-14(9-10-15)18(16,17)11-12-6-4-5-7-13-12/h12-13,15H,2-11H2,1H3. The van der Waals surface area contributed by atoms with Gasteiger partial charge in [-0.05, 0) is 25.8 Å². The third kappa shape index (κ3) is 5.22. The molecule has 2 N–H and O–H groups in total. The van der Waals surface area contributed by atoms with Crippen molar-refractivity contribution in [3.8, 4) is 0 Å². The quantitative estimate of drug-likeness (QED) is 0.680. The van der Waals surface area contributed by atoms with Crippen molar-refractivity contribution in [3.63, 3.8) is 0 Å². The number of aliphatic hydroxyl groups excluding tert-OH is 1. The predicted molar refractivity (Wildman–Crippen MR) is 73.0 cm³/mol. The second-order valence-electron chi connectivity index (χ2n) is 4.90. The highest BCUT2D eigenvalue weighted by atomic mass is 32.2. The summed E-state index contributed by atoms with van der Waals surface area (Å²) < 4.78 is 26.0. The summed E-state index contributed by atoms with van der Waals surface area (Å²) in [7, 11) is -3.25. The first-order valence-electron chi connectivity index (χ1n) is 6.92. The highest BCUT2D eigenvalue weighted by Gasteiger charge is 2.26. The molecule has 1 aliphatic rings. The van der Waals surface area contributed by atoms with Crippen LogP contribution in [0.25, 0.3) is 0 Å². The molecule has 0 aliphatic carbocycles. The number of hydrogen-bond donors (Lipinski definition) is 2. The van der Waals surface area contributed by atoms with Crippen LogP contribution in [0.4, 0.5) is 0 Å². The van der Waals surface area contributed by atoms with Gasteiger partial charge in [-0.15, -0.1) is 0 Å². The van der Waals surface area contributed by atoms with E-state index in [9.17, 15) is 8.42 Å². The lowest BCUT2D eigenvalue weighted by Gasteiger charge is -2.27. The zero-order valence-electron chi connectivity index (χ0n) is 11.3. The Labute approximate surface area is 111 Å².